The molecule has 182 valence electrons. The molecule has 1 unspecified atom stereocenters. The van der Waals surface area contributed by atoms with Crippen LogP contribution in [-0.4, -0.2) is 133 Å². The Labute approximate surface area is 178 Å². The first-order valence-electron chi connectivity index (χ1n) is 10.2. The van der Waals surface area contributed by atoms with E-state index >= 15 is 0 Å². The molecule has 3 rings (SSSR count). The van der Waals surface area contributed by atoms with Crippen LogP contribution in [0.25, 0.3) is 0 Å². The fraction of sp³-hybridized carbons (Fsp3) is 1.00. The number of hydrogen-bond acceptors (Lipinski definition) is 13. The first-order chi connectivity index (χ1) is 14.4. The third-order valence-corrected chi connectivity index (χ3v) is 5.97. The molecule has 3 heterocycles. The van der Waals surface area contributed by atoms with Gasteiger partial charge in [0, 0.05) is 0 Å². The topological polar surface area (TPSA) is 208 Å². The van der Waals surface area contributed by atoms with Crippen molar-refractivity contribution < 1.29 is 64.5 Å². The van der Waals surface area contributed by atoms with E-state index in [-0.39, 0.29) is 0 Å². The van der Waals surface area contributed by atoms with Gasteiger partial charge in [-0.05, 0) is 20.8 Å². The van der Waals surface area contributed by atoms with E-state index < -0.39 is 92.1 Å². The average Bonchev–Trinajstić information content (AvgIpc) is 2.72. The van der Waals surface area contributed by atoms with Crippen molar-refractivity contribution >= 4 is 0 Å². The Balaban J connectivity index is 1.65. The number of rotatable bonds is 4. The molecule has 3 aliphatic rings. The molecule has 15 atom stereocenters. The number of hydrogen-bond donors (Lipinski definition) is 8. The number of ether oxygens (including phenoxy) is 5. The summed E-state index contributed by atoms with van der Waals surface area (Å²) in [4.78, 5) is 0. The van der Waals surface area contributed by atoms with Gasteiger partial charge < -0.3 is 64.5 Å². The quantitative estimate of drug-likeness (QED) is 0.201. The summed E-state index contributed by atoms with van der Waals surface area (Å²) in [6.07, 6.45) is -20.7. The Morgan fingerprint density at radius 3 is 1.48 bits per heavy atom. The number of aliphatic hydroxyl groups excluding tert-OH is 8. The van der Waals surface area contributed by atoms with Gasteiger partial charge >= 0.3 is 0 Å². The summed E-state index contributed by atoms with van der Waals surface area (Å²) in [5.74, 6) is 0. The van der Waals surface area contributed by atoms with Gasteiger partial charge in [-0.2, -0.15) is 0 Å². The van der Waals surface area contributed by atoms with Crippen LogP contribution in [0.3, 0.4) is 0 Å². The van der Waals surface area contributed by atoms with E-state index in [0.717, 1.165) is 0 Å². The van der Waals surface area contributed by atoms with Crippen LogP contribution < -0.4 is 0 Å². The van der Waals surface area contributed by atoms with Gasteiger partial charge in [-0.15, -0.1) is 0 Å². The average molecular weight is 456 g/mol. The van der Waals surface area contributed by atoms with E-state index in [1.54, 1.807) is 0 Å². The predicted octanol–water partition coefficient (Wildman–Crippen LogP) is -4.49. The van der Waals surface area contributed by atoms with Crippen molar-refractivity contribution in [1.29, 1.82) is 0 Å². The van der Waals surface area contributed by atoms with Gasteiger partial charge in [-0.3, -0.25) is 0 Å². The third-order valence-electron chi connectivity index (χ3n) is 5.97. The Bertz CT molecular complexity index is 595. The fourth-order valence-electron chi connectivity index (χ4n) is 3.91. The van der Waals surface area contributed by atoms with Crippen LogP contribution in [-0.2, 0) is 23.7 Å². The van der Waals surface area contributed by atoms with Crippen molar-refractivity contribution in [1.82, 2.24) is 0 Å². The molecule has 0 aromatic heterocycles. The van der Waals surface area contributed by atoms with Crippen molar-refractivity contribution in [3.05, 3.63) is 0 Å². The maximum absolute atomic E-state index is 10.5. The molecule has 0 saturated carbocycles. The standard InChI is InChI=1S/C18H32O13/c1-4-8(20)10(22)15(16(26)27-4)31-18-13(25)11(23)14(6(3)29-18)30-17-12(24)9(21)7(19)5(2)28-17/h4-26H,1-3H3/t4-,5-,6-,7-,8-,9+,10+,11-,12+,13+,14-,15+,16?,17+,18+/m0/s1. The van der Waals surface area contributed by atoms with Gasteiger partial charge in [0.1, 0.15) is 54.9 Å². The smallest absolute Gasteiger partial charge is 0.187 e. The molecule has 3 fully saturated rings. The zero-order valence-electron chi connectivity index (χ0n) is 17.3. The molecule has 0 aromatic rings. The summed E-state index contributed by atoms with van der Waals surface area (Å²) in [5, 5.41) is 80.9. The fourth-order valence-corrected chi connectivity index (χ4v) is 3.91. The van der Waals surface area contributed by atoms with E-state index in [2.05, 4.69) is 0 Å². The third kappa shape index (κ3) is 4.89. The molecule has 13 nitrogen and oxygen atoms in total. The van der Waals surface area contributed by atoms with Gasteiger partial charge in [0.2, 0.25) is 0 Å². The normalized spacial score (nSPS) is 56.4. The molecule has 0 amide bonds. The molecule has 0 aliphatic carbocycles. The van der Waals surface area contributed by atoms with Gasteiger partial charge in [0.15, 0.2) is 18.9 Å². The monoisotopic (exact) mass is 456 g/mol. The van der Waals surface area contributed by atoms with Crippen LogP contribution in [0.15, 0.2) is 0 Å². The molecule has 0 spiro atoms. The highest BCUT2D eigenvalue weighted by Gasteiger charge is 2.51. The number of aliphatic hydroxyl groups is 8. The maximum atomic E-state index is 10.5. The SMILES string of the molecule is C[C@@H]1O[C@H](O[C@@H]2[C@@H](O)[C@@H](O)[C@@H](O[C@H]3C(O)O[C@@H](C)[C@H](O)[C@H]3O)O[C@H]2C)[C@H](O)[C@H](O)[C@H]1O. The minimum atomic E-state index is -1.72. The summed E-state index contributed by atoms with van der Waals surface area (Å²) in [6.45, 7) is 4.39. The molecule has 0 aromatic carbocycles. The second kappa shape index (κ2) is 9.77. The molecule has 0 radical (unpaired) electrons. The van der Waals surface area contributed by atoms with Crippen molar-refractivity contribution in [2.45, 2.75) is 113 Å². The second-order valence-electron chi connectivity index (χ2n) is 8.29. The molecule has 3 saturated heterocycles. The molecule has 0 bridgehead atoms. The van der Waals surface area contributed by atoms with Gasteiger partial charge in [0.25, 0.3) is 0 Å². The highest BCUT2D eigenvalue weighted by Crippen LogP contribution is 2.31. The van der Waals surface area contributed by atoms with E-state index in [0.29, 0.717) is 0 Å². The second-order valence-corrected chi connectivity index (χ2v) is 8.29. The zero-order valence-corrected chi connectivity index (χ0v) is 17.3. The molecule has 3 aliphatic heterocycles. The summed E-state index contributed by atoms with van der Waals surface area (Å²) in [7, 11) is 0. The lowest BCUT2D eigenvalue weighted by Gasteiger charge is -2.47. The van der Waals surface area contributed by atoms with Crippen molar-refractivity contribution in [3.63, 3.8) is 0 Å². The minimum Gasteiger partial charge on any atom is -0.388 e. The van der Waals surface area contributed by atoms with Crippen molar-refractivity contribution in [2.24, 2.45) is 0 Å². The Hall–Kier alpha value is -0.520. The van der Waals surface area contributed by atoms with Gasteiger partial charge in [0.05, 0.1) is 18.3 Å². The highest BCUT2D eigenvalue weighted by atomic mass is 16.8. The maximum Gasteiger partial charge on any atom is 0.187 e. The molecular formula is C18H32O13. The van der Waals surface area contributed by atoms with Crippen molar-refractivity contribution in [2.75, 3.05) is 0 Å². The van der Waals surface area contributed by atoms with E-state index in [1.165, 1.54) is 20.8 Å². The summed E-state index contributed by atoms with van der Waals surface area (Å²) in [5.41, 5.74) is 0. The van der Waals surface area contributed by atoms with Crippen LogP contribution in [0.5, 0.6) is 0 Å². The highest BCUT2D eigenvalue weighted by molar-refractivity contribution is 4.94. The van der Waals surface area contributed by atoms with E-state index in [4.69, 9.17) is 23.7 Å². The first-order valence-corrected chi connectivity index (χ1v) is 10.2. The van der Waals surface area contributed by atoms with Gasteiger partial charge in [-0.1, -0.05) is 0 Å². The van der Waals surface area contributed by atoms with Crippen LogP contribution in [0.1, 0.15) is 20.8 Å². The first kappa shape index (κ1) is 25.1. The summed E-state index contributed by atoms with van der Waals surface area (Å²) < 4.78 is 26.9. The predicted molar refractivity (Wildman–Crippen MR) is 97.0 cm³/mol. The molecule has 8 N–H and O–H groups in total. The van der Waals surface area contributed by atoms with Crippen molar-refractivity contribution in [3.8, 4) is 0 Å². The lowest BCUT2D eigenvalue weighted by molar-refractivity contribution is -0.375. The Kier molecular flexibility index (Phi) is 7.91. The lowest BCUT2D eigenvalue weighted by Crippen LogP contribution is -2.65. The minimum absolute atomic E-state index is 0.859. The van der Waals surface area contributed by atoms with Crippen LogP contribution in [0.4, 0.5) is 0 Å². The zero-order chi connectivity index (χ0) is 23.2. The largest absolute Gasteiger partial charge is 0.388 e. The Morgan fingerprint density at radius 1 is 0.452 bits per heavy atom. The van der Waals surface area contributed by atoms with Crippen LogP contribution in [0.2, 0.25) is 0 Å². The lowest BCUT2D eigenvalue weighted by atomic mass is 9.97. The van der Waals surface area contributed by atoms with E-state index in [9.17, 15) is 40.9 Å². The van der Waals surface area contributed by atoms with Gasteiger partial charge in [-0.25, -0.2) is 0 Å². The molecule has 13 heteroatoms. The molecular weight excluding hydrogens is 424 g/mol. The summed E-state index contributed by atoms with van der Waals surface area (Å²) in [6, 6.07) is 0. The summed E-state index contributed by atoms with van der Waals surface area (Å²) >= 11 is 0. The molecule has 31 heavy (non-hydrogen) atoms. The van der Waals surface area contributed by atoms with Crippen LogP contribution >= 0.6 is 0 Å². The van der Waals surface area contributed by atoms with E-state index in [1.807, 2.05) is 0 Å². The van der Waals surface area contributed by atoms with Crippen LogP contribution in [0, 0.1) is 0 Å². The Morgan fingerprint density at radius 2 is 0.871 bits per heavy atom.